The summed E-state index contributed by atoms with van der Waals surface area (Å²) in [5.41, 5.74) is 0. The number of nitrogens with one attached hydrogen (secondary N) is 1. The van der Waals surface area contributed by atoms with Crippen LogP contribution in [0.25, 0.3) is 0 Å². The zero-order chi connectivity index (χ0) is 14.8. The normalized spacial score (nSPS) is 9.85. The molecule has 1 aromatic rings. The summed E-state index contributed by atoms with van der Waals surface area (Å²) in [6.07, 6.45) is 0.743. The van der Waals surface area contributed by atoms with E-state index >= 15 is 0 Å². The molecule has 0 atom stereocenters. The van der Waals surface area contributed by atoms with Crippen LogP contribution in [0, 0.1) is 0 Å². The largest absolute Gasteiger partial charge is 0.466 e. The van der Waals surface area contributed by atoms with Gasteiger partial charge in [-0.25, -0.2) is 4.79 Å². The molecule has 1 rings (SSSR count). The van der Waals surface area contributed by atoms with E-state index in [-0.39, 0.29) is 19.0 Å². The van der Waals surface area contributed by atoms with Crippen LogP contribution in [-0.4, -0.2) is 37.6 Å². The first kappa shape index (κ1) is 16.2. The lowest BCUT2D eigenvalue weighted by Crippen LogP contribution is -2.29. The molecule has 1 aromatic heterocycles. The van der Waals surface area contributed by atoms with E-state index in [4.69, 9.17) is 9.47 Å². The fourth-order valence-electron chi connectivity index (χ4n) is 1.34. The van der Waals surface area contributed by atoms with Crippen molar-refractivity contribution in [1.82, 2.24) is 5.32 Å². The molecule has 0 saturated heterocycles. The van der Waals surface area contributed by atoms with Crippen molar-refractivity contribution < 1.29 is 23.9 Å². The van der Waals surface area contributed by atoms with Gasteiger partial charge in [0.1, 0.15) is 4.88 Å². The Kier molecular flexibility index (Phi) is 7.34. The average molecular weight is 299 g/mol. The number of thiophene rings is 1. The number of amides is 1. The van der Waals surface area contributed by atoms with Gasteiger partial charge in [0, 0.05) is 13.0 Å². The zero-order valence-corrected chi connectivity index (χ0v) is 12.0. The number of esters is 2. The molecule has 1 heterocycles. The maximum atomic E-state index is 11.4. The van der Waals surface area contributed by atoms with Crippen molar-refractivity contribution in [2.45, 2.75) is 19.8 Å². The summed E-state index contributed by atoms with van der Waals surface area (Å²) in [4.78, 5) is 34.3. The van der Waals surface area contributed by atoms with Crippen LogP contribution in [0.4, 0.5) is 0 Å². The van der Waals surface area contributed by atoms with Crippen molar-refractivity contribution in [2.24, 2.45) is 0 Å². The van der Waals surface area contributed by atoms with E-state index in [2.05, 4.69) is 5.32 Å². The van der Waals surface area contributed by atoms with Crippen LogP contribution in [0.2, 0.25) is 0 Å². The molecule has 0 aliphatic rings. The molecule has 0 radical (unpaired) electrons. The van der Waals surface area contributed by atoms with E-state index in [0.717, 1.165) is 0 Å². The van der Waals surface area contributed by atoms with Crippen LogP contribution in [0.1, 0.15) is 29.4 Å². The van der Waals surface area contributed by atoms with Crippen molar-refractivity contribution in [3.05, 3.63) is 22.4 Å². The third kappa shape index (κ3) is 6.33. The average Bonchev–Trinajstić information content (AvgIpc) is 2.95. The van der Waals surface area contributed by atoms with Gasteiger partial charge < -0.3 is 14.8 Å². The van der Waals surface area contributed by atoms with Gasteiger partial charge in [-0.15, -0.1) is 11.3 Å². The SMILES string of the molecule is CCOC(=O)CCCNC(=O)COC(=O)c1cccs1. The predicted molar refractivity (Wildman–Crippen MR) is 73.5 cm³/mol. The van der Waals surface area contributed by atoms with Gasteiger partial charge in [0.2, 0.25) is 0 Å². The topological polar surface area (TPSA) is 81.7 Å². The van der Waals surface area contributed by atoms with Crippen LogP contribution in [0.15, 0.2) is 17.5 Å². The number of rotatable bonds is 8. The van der Waals surface area contributed by atoms with Crippen LogP contribution < -0.4 is 5.32 Å². The molecule has 0 spiro atoms. The van der Waals surface area contributed by atoms with E-state index in [1.165, 1.54) is 11.3 Å². The maximum Gasteiger partial charge on any atom is 0.348 e. The van der Waals surface area contributed by atoms with Gasteiger partial charge in [0.05, 0.1) is 6.61 Å². The second-order valence-electron chi connectivity index (χ2n) is 3.81. The minimum atomic E-state index is -0.512. The quantitative estimate of drug-likeness (QED) is 0.579. The molecule has 1 N–H and O–H groups in total. The molecular formula is C13H17NO5S. The Morgan fingerprint density at radius 2 is 2.10 bits per heavy atom. The lowest BCUT2D eigenvalue weighted by molar-refractivity contribution is -0.143. The number of hydrogen-bond acceptors (Lipinski definition) is 6. The Hall–Kier alpha value is -1.89. The summed E-state index contributed by atoms with van der Waals surface area (Å²) in [5.74, 6) is -1.19. The molecule has 0 saturated carbocycles. The summed E-state index contributed by atoms with van der Waals surface area (Å²) >= 11 is 1.25. The van der Waals surface area contributed by atoms with E-state index in [1.54, 1.807) is 24.4 Å². The fourth-order valence-corrected chi connectivity index (χ4v) is 1.96. The summed E-state index contributed by atoms with van der Waals surface area (Å²) in [6.45, 7) is 2.11. The minimum Gasteiger partial charge on any atom is -0.466 e. The monoisotopic (exact) mass is 299 g/mol. The lowest BCUT2D eigenvalue weighted by Gasteiger charge is -2.05. The minimum absolute atomic E-state index is 0.253. The van der Waals surface area contributed by atoms with Crippen LogP contribution in [0.5, 0.6) is 0 Å². The molecule has 0 bridgehead atoms. The maximum absolute atomic E-state index is 11.4. The number of ether oxygens (including phenoxy) is 2. The molecule has 0 aromatic carbocycles. The standard InChI is InChI=1S/C13H17NO5S/c1-2-18-12(16)6-3-7-14-11(15)9-19-13(17)10-5-4-8-20-10/h4-5,8H,2-3,6-7,9H2,1H3,(H,14,15). The smallest absolute Gasteiger partial charge is 0.348 e. The van der Waals surface area contributed by atoms with Crippen LogP contribution in [0.3, 0.4) is 0 Å². The second-order valence-corrected chi connectivity index (χ2v) is 4.76. The van der Waals surface area contributed by atoms with Gasteiger partial charge in [-0.3, -0.25) is 9.59 Å². The number of carbonyl (C=O) groups excluding carboxylic acids is 3. The molecule has 0 aliphatic carbocycles. The second kappa shape index (κ2) is 9.08. The number of hydrogen-bond donors (Lipinski definition) is 1. The third-order valence-corrected chi connectivity index (χ3v) is 3.09. The van der Waals surface area contributed by atoms with Gasteiger partial charge in [-0.2, -0.15) is 0 Å². The Labute approximate surface area is 121 Å². The molecular weight excluding hydrogens is 282 g/mol. The summed E-state index contributed by atoms with van der Waals surface area (Å²) in [6, 6.07) is 3.36. The Bertz CT molecular complexity index is 444. The molecule has 0 aliphatic heterocycles. The predicted octanol–water partition coefficient (Wildman–Crippen LogP) is 1.36. The first-order chi connectivity index (χ1) is 9.63. The van der Waals surface area contributed by atoms with Crippen molar-refractivity contribution in [1.29, 1.82) is 0 Å². The molecule has 7 heteroatoms. The highest BCUT2D eigenvalue weighted by Crippen LogP contribution is 2.09. The third-order valence-electron chi connectivity index (χ3n) is 2.24. The first-order valence-corrected chi connectivity index (χ1v) is 7.14. The van der Waals surface area contributed by atoms with E-state index < -0.39 is 11.9 Å². The Balaban J connectivity index is 2.09. The van der Waals surface area contributed by atoms with Crippen molar-refractivity contribution in [3.8, 4) is 0 Å². The van der Waals surface area contributed by atoms with E-state index in [9.17, 15) is 14.4 Å². The summed E-state index contributed by atoms with van der Waals surface area (Å²) in [7, 11) is 0. The molecule has 6 nitrogen and oxygen atoms in total. The fraction of sp³-hybridized carbons (Fsp3) is 0.462. The molecule has 110 valence electrons. The Morgan fingerprint density at radius 1 is 1.30 bits per heavy atom. The lowest BCUT2D eigenvalue weighted by atomic mass is 10.3. The Morgan fingerprint density at radius 3 is 2.75 bits per heavy atom. The first-order valence-electron chi connectivity index (χ1n) is 6.26. The van der Waals surface area contributed by atoms with E-state index in [1.807, 2.05) is 0 Å². The zero-order valence-electron chi connectivity index (χ0n) is 11.2. The van der Waals surface area contributed by atoms with Crippen molar-refractivity contribution >= 4 is 29.2 Å². The van der Waals surface area contributed by atoms with Crippen LogP contribution >= 0.6 is 11.3 Å². The van der Waals surface area contributed by atoms with E-state index in [0.29, 0.717) is 24.4 Å². The van der Waals surface area contributed by atoms with Gasteiger partial charge in [0.25, 0.3) is 5.91 Å². The van der Waals surface area contributed by atoms with Crippen molar-refractivity contribution in [2.75, 3.05) is 19.8 Å². The van der Waals surface area contributed by atoms with Crippen LogP contribution in [-0.2, 0) is 19.1 Å². The van der Waals surface area contributed by atoms with Gasteiger partial charge in [-0.05, 0) is 24.8 Å². The molecule has 20 heavy (non-hydrogen) atoms. The summed E-state index contributed by atoms with van der Waals surface area (Å²) in [5, 5.41) is 4.32. The molecule has 1 amide bonds. The molecule has 0 fully saturated rings. The van der Waals surface area contributed by atoms with Gasteiger partial charge in [0.15, 0.2) is 6.61 Å². The highest BCUT2D eigenvalue weighted by Gasteiger charge is 2.10. The molecule has 0 unspecified atom stereocenters. The number of carbonyl (C=O) groups is 3. The van der Waals surface area contributed by atoms with Gasteiger partial charge in [-0.1, -0.05) is 6.07 Å². The van der Waals surface area contributed by atoms with Gasteiger partial charge >= 0.3 is 11.9 Å². The highest BCUT2D eigenvalue weighted by atomic mass is 32.1. The highest BCUT2D eigenvalue weighted by molar-refractivity contribution is 7.11. The van der Waals surface area contributed by atoms with Crippen molar-refractivity contribution in [3.63, 3.8) is 0 Å². The summed E-state index contributed by atoms with van der Waals surface area (Å²) < 4.78 is 9.58.